The molecular formula is C11H8Cl2F2N2. The van der Waals surface area contributed by atoms with E-state index >= 15 is 0 Å². The standard InChI is InChI=1S/C11H8Cl2F2N2/c12-8-3-1-7(2-4-8)6-17-10(13)5-9(16-17)11(14)15/h1-5,11H,6H2. The summed E-state index contributed by atoms with van der Waals surface area (Å²) < 4.78 is 26.1. The van der Waals surface area contributed by atoms with Gasteiger partial charge in [0.1, 0.15) is 10.8 Å². The molecule has 17 heavy (non-hydrogen) atoms. The van der Waals surface area contributed by atoms with E-state index in [1.807, 2.05) is 0 Å². The molecule has 0 atom stereocenters. The minimum Gasteiger partial charge on any atom is -0.249 e. The summed E-state index contributed by atoms with van der Waals surface area (Å²) in [4.78, 5) is 0. The quantitative estimate of drug-likeness (QED) is 0.823. The van der Waals surface area contributed by atoms with E-state index in [9.17, 15) is 8.78 Å². The van der Waals surface area contributed by atoms with Crippen LogP contribution in [0.4, 0.5) is 8.78 Å². The van der Waals surface area contributed by atoms with Gasteiger partial charge in [0.15, 0.2) is 0 Å². The Balaban J connectivity index is 2.21. The molecule has 2 nitrogen and oxygen atoms in total. The molecule has 0 aliphatic carbocycles. The molecule has 2 aromatic rings. The highest BCUT2D eigenvalue weighted by Gasteiger charge is 2.14. The van der Waals surface area contributed by atoms with Gasteiger partial charge < -0.3 is 0 Å². The molecular weight excluding hydrogens is 269 g/mol. The van der Waals surface area contributed by atoms with Gasteiger partial charge in [-0.25, -0.2) is 13.5 Å². The third-order valence-corrected chi connectivity index (χ3v) is 2.78. The van der Waals surface area contributed by atoms with E-state index in [1.165, 1.54) is 10.7 Å². The summed E-state index contributed by atoms with van der Waals surface area (Å²) >= 11 is 11.6. The zero-order valence-electron chi connectivity index (χ0n) is 8.58. The third-order valence-electron chi connectivity index (χ3n) is 2.22. The normalized spacial score (nSPS) is 11.1. The highest BCUT2D eigenvalue weighted by Crippen LogP contribution is 2.22. The van der Waals surface area contributed by atoms with Crippen molar-refractivity contribution in [2.75, 3.05) is 0 Å². The van der Waals surface area contributed by atoms with E-state index in [-0.39, 0.29) is 10.8 Å². The topological polar surface area (TPSA) is 17.8 Å². The van der Waals surface area contributed by atoms with Crippen molar-refractivity contribution in [3.8, 4) is 0 Å². The monoisotopic (exact) mass is 276 g/mol. The summed E-state index contributed by atoms with van der Waals surface area (Å²) in [6.45, 7) is 0.336. The zero-order valence-corrected chi connectivity index (χ0v) is 10.1. The molecule has 0 radical (unpaired) electrons. The van der Waals surface area contributed by atoms with Crippen LogP contribution in [0.15, 0.2) is 30.3 Å². The van der Waals surface area contributed by atoms with Crippen LogP contribution >= 0.6 is 23.2 Å². The zero-order chi connectivity index (χ0) is 12.4. The highest BCUT2D eigenvalue weighted by atomic mass is 35.5. The van der Waals surface area contributed by atoms with Gasteiger partial charge in [0.25, 0.3) is 6.43 Å². The molecule has 1 heterocycles. The minimum atomic E-state index is -2.61. The lowest BCUT2D eigenvalue weighted by atomic mass is 10.2. The lowest BCUT2D eigenvalue weighted by molar-refractivity contribution is 0.145. The smallest absolute Gasteiger partial charge is 0.249 e. The van der Waals surface area contributed by atoms with E-state index < -0.39 is 6.43 Å². The van der Waals surface area contributed by atoms with Crippen molar-refractivity contribution in [1.29, 1.82) is 0 Å². The Kier molecular flexibility index (Phi) is 3.64. The molecule has 1 aromatic carbocycles. The van der Waals surface area contributed by atoms with Crippen LogP contribution in [0.1, 0.15) is 17.7 Å². The Hall–Kier alpha value is -1.13. The van der Waals surface area contributed by atoms with Crippen molar-refractivity contribution in [3.05, 3.63) is 51.8 Å². The maximum Gasteiger partial charge on any atom is 0.282 e. The van der Waals surface area contributed by atoms with E-state index in [4.69, 9.17) is 23.2 Å². The van der Waals surface area contributed by atoms with Crippen LogP contribution in [-0.2, 0) is 6.54 Å². The first-order chi connectivity index (χ1) is 8.06. The second-order valence-corrected chi connectivity index (χ2v) is 4.30. The van der Waals surface area contributed by atoms with Crippen LogP contribution in [0.2, 0.25) is 10.2 Å². The van der Waals surface area contributed by atoms with E-state index in [1.54, 1.807) is 24.3 Å². The van der Waals surface area contributed by atoms with Gasteiger partial charge in [-0.2, -0.15) is 5.10 Å². The Morgan fingerprint density at radius 1 is 1.18 bits per heavy atom. The number of alkyl halides is 2. The second-order valence-electron chi connectivity index (χ2n) is 3.48. The molecule has 0 fully saturated rings. The summed E-state index contributed by atoms with van der Waals surface area (Å²) in [5.74, 6) is 0. The lowest BCUT2D eigenvalue weighted by Gasteiger charge is -2.03. The van der Waals surface area contributed by atoms with Crippen LogP contribution in [0, 0.1) is 0 Å². The van der Waals surface area contributed by atoms with Crippen molar-refractivity contribution in [3.63, 3.8) is 0 Å². The fourth-order valence-electron chi connectivity index (χ4n) is 1.39. The van der Waals surface area contributed by atoms with Crippen molar-refractivity contribution < 1.29 is 8.78 Å². The van der Waals surface area contributed by atoms with Crippen LogP contribution in [0.5, 0.6) is 0 Å². The maximum atomic E-state index is 12.4. The van der Waals surface area contributed by atoms with Crippen LogP contribution in [0.3, 0.4) is 0 Å². The Bertz CT molecular complexity index is 509. The molecule has 0 amide bonds. The average Bonchev–Trinajstić information content (AvgIpc) is 2.64. The fraction of sp³-hybridized carbons (Fsp3) is 0.182. The summed E-state index contributed by atoms with van der Waals surface area (Å²) in [6.07, 6.45) is -2.61. The first-order valence-electron chi connectivity index (χ1n) is 4.82. The highest BCUT2D eigenvalue weighted by molar-refractivity contribution is 6.30. The molecule has 0 bridgehead atoms. The molecule has 0 spiro atoms. The first kappa shape index (κ1) is 12.3. The molecule has 0 saturated carbocycles. The molecule has 90 valence electrons. The number of hydrogen-bond donors (Lipinski definition) is 0. The van der Waals surface area contributed by atoms with Crippen molar-refractivity contribution >= 4 is 23.2 Å². The fourth-order valence-corrected chi connectivity index (χ4v) is 1.73. The Morgan fingerprint density at radius 3 is 2.35 bits per heavy atom. The second kappa shape index (κ2) is 5.02. The molecule has 0 saturated heterocycles. The molecule has 2 rings (SSSR count). The number of rotatable bonds is 3. The van der Waals surface area contributed by atoms with Gasteiger partial charge in [-0.3, -0.25) is 0 Å². The van der Waals surface area contributed by atoms with Crippen LogP contribution in [-0.4, -0.2) is 9.78 Å². The maximum absolute atomic E-state index is 12.4. The van der Waals surface area contributed by atoms with Gasteiger partial charge in [-0.05, 0) is 17.7 Å². The number of halogens is 4. The average molecular weight is 277 g/mol. The first-order valence-corrected chi connectivity index (χ1v) is 5.57. The van der Waals surface area contributed by atoms with Crippen molar-refractivity contribution in [2.24, 2.45) is 0 Å². The van der Waals surface area contributed by atoms with Crippen molar-refractivity contribution in [2.45, 2.75) is 13.0 Å². The molecule has 6 heteroatoms. The van der Waals surface area contributed by atoms with Gasteiger partial charge in [-0.1, -0.05) is 35.3 Å². The summed E-state index contributed by atoms with van der Waals surface area (Å²) in [7, 11) is 0. The molecule has 1 aromatic heterocycles. The van der Waals surface area contributed by atoms with Gasteiger partial charge in [0, 0.05) is 11.1 Å². The largest absolute Gasteiger partial charge is 0.282 e. The van der Waals surface area contributed by atoms with E-state index in [0.29, 0.717) is 11.6 Å². The third kappa shape index (κ3) is 2.96. The van der Waals surface area contributed by atoms with Crippen LogP contribution in [0.25, 0.3) is 0 Å². The van der Waals surface area contributed by atoms with Crippen LogP contribution < -0.4 is 0 Å². The molecule has 0 aliphatic rings. The van der Waals surface area contributed by atoms with Gasteiger partial charge in [0.2, 0.25) is 0 Å². The predicted octanol–water partition coefficient (Wildman–Crippen LogP) is 4.18. The number of hydrogen-bond acceptors (Lipinski definition) is 1. The number of benzene rings is 1. The van der Waals surface area contributed by atoms with Gasteiger partial charge in [-0.15, -0.1) is 0 Å². The number of aromatic nitrogens is 2. The van der Waals surface area contributed by atoms with Gasteiger partial charge >= 0.3 is 0 Å². The Labute approximate surface area is 107 Å². The summed E-state index contributed by atoms with van der Waals surface area (Å²) in [5.41, 5.74) is 0.573. The molecule has 0 unspecified atom stereocenters. The molecule has 0 aliphatic heterocycles. The lowest BCUT2D eigenvalue weighted by Crippen LogP contribution is -2.02. The van der Waals surface area contributed by atoms with E-state index in [0.717, 1.165) is 5.56 Å². The summed E-state index contributed by atoms with van der Waals surface area (Å²) in [5, 5.41) is 4.54. The SMILES string of the molecule is FC(F)c1cc(Cl)n(Cc2ccc(Cl)cc2)n1. The van der Waals surface area contributed by atoms with E-state index in [2.05, 4.69) is 5.10 Å². The molecule has 0 N–H and O–H groups in total. The number of nitrogens with zero attached hydrogens (tertiary/aromatic N) is 2. The van der Waals surface area contributed by atoms with Crippen molar-refractivity contribution in [1.82, 2.24) is 9.78 Å². The predicted molar refractivity (Wildman–Crippen MR) is 62.7 cm³/mol. The minimum absolute atomic E-state index is 0.190. The van der Waals surface area contributed by atoms with Gasteiger partial charge in [0.05, 0.1) is 6.54 Å². The summed E-state index contributed by atoms with van der Waals surface area (Å²) in [6, 6.07) is 8.21. The Morgan fingerprint density at radius 2 is 1.82 bits per heavy atom.